The summed E-state index contributed by atoms with van der Waals surface area (Å²) in [5.41, 5.74) is 0. The second-order valence-corrected chi connectivity index (χ2v) is 16.8. The fourth-order valence-electron chi connectivity index (χ4n) is 5.76. The normalized spacial score (nSPS) is 14.9. The van der Waals surface area contributed by atoms with E-state index in [1.807, 2.05) is 21.1 Å². The minimum Gasteiger partial charge on any atom is -0.391 e. The van der Waals surface area contributed by atoms with Crippen molar-refractivity contribution >= 4 is 13.7 Å². The van der Waals surface area contributed by atoms with Gasteiger partial charge in [0, 0.05) is 6.42 Å². The van der Waals surface area contributed by atoms with Crippen LogP contribution in [0.2, 0.25) is 0 Å². The van der Waals surface area contributed by atoms with E-state index >= 15 is 0 Å². The Morgan fingerprint density at radius 3 is 1.63 bits per heavy atom. The molecule has 0 saturated heterocycles. The molecule has 0 aromatic carbocycles. The van der Waals surface area contributed by atoms with Crippen LogP contribution >= 0.6 is 7.82 Å². The Morgan fingerprint density at radius 1 is 0.667 bits per heavy atom. The van der Waals surface area contributed by atoms with Gasteiger partial charge in [-0.3, -0.25) is 13.8 Å². The maximum Gasteiger partial charge on any atom is 0.472 e. The largest absolute Gasteiger partial charge is 0.472 e. The number of aliphatic hydroxyl groups excluding tert-OH is 1. The Hall–Kier alpha value is -1.28. The third-order valence-electron chi connectivity index (χ3n) is 9.14. The van der Waals surface area contributed by atoms with Gasteiger partial charge in [-0.25, -0.2) is 4.57 Å². The highest BCUT2D eigenvalue weighted by Gasteiger charge is 2.28. The van der Waals surface area contributed by atoms with E-state index in [1.165, 1.54) is 83.5 Å². The molecule has 300 valence electrons. The molecule has 0 aromatic rings. The van der Waals surface area contributed by atoms with Crippen molar-refractivity contribution in [3.8, 4) is 0 Å². The molecule has 0 aliphatic heterocycles. The number of likely N-dealkylation sites (N-methyl/N-ethyl adjacent to an activating group) is 1. The zero-order valence-electron chi connectivity index (χ0n) is 33.8. The fourth-order valence-corrected chi connectivity index (χ4v) is 6.49. The number of aliphatic hydroxyl groups is 1. The lowest BCUT2D eigenvalue weighted by molar-refractivity contribution is -0.870. The SMILES string of the molecule is CCCCCCC/C=C\C/C=C\C/C=C\CCCCCCCCC(=O)NC(COP(=O)(O)OCC[N+](C)(C)C)C(O)CCCCCCCCCC. The number of amides is 1. The maximum atomic E-state index is 12.8. The van der Waals surface area contributed by atoms with Crippen molar-refractivity contribution in [3.63, 3.8) is 0 Å². The average Bonchev–Trinajstić information content (AvgIpc) is 3.07. The molecule has 0 aliphatic carbocycles. The highest BCUT2D eigenvalue weighted by Crippen LogP contribution is 2.43. The summed E-state index contributed by atoms with van der Waals surface area (Å²) in [4.78, 5) is 23.0. The molecule has 3 unspecified atom stereocenters. The Bertz CT molecular complexity index is 933. The Kier molecular flexibility index (Phi) is 33.6. The van der Waals surface area contributed by atoms with Crippen LogP contribution in [0.3, 0.4) is 0 Å². The number of nitrogens with zero attached hydrogens (tertiary/aromatic N) is 1. The molecule has 0 rings (SSSR count). The summed E-state index contributed by atoms with van der Waals surface area (Å²) in [7, 11) is 1.60. The first-order valence-corrected chi connectivity index (χ1v) is 22.3. The molecule has 0 radical (unpaired) electrons. The topological polar surface area (TPSA) is 105 Å². The molecule has 0 bridgehead atoms. The molecule has 0 heterocycles. The van der Waals surface area contributed by atoms with Crippen LogP contribution in [0.5, 0.6) is 0 Å². The van der Waals surface area contributed by atoms with Gasteiger partial charge < -0.3 is 19.8 Å². The zero-order valence-corrected chi connectivity index (χ0v) is 34.7. The van der Waals surface area contributed by atoms with Gasteiger partial charge in [-0.15, -0.1) is 0 Å². The summed E-state index contributed by atoms with van der Waals surface area (Å²) in [5, 5.41) is 13.8. The van der Waals surface area contributed by atoms with Gasteiger partial charge in [-0.05, 0) is 51.4 Å². The molecular weight excluding hydrogens is 659 g/mol. The zero-order chi connectivity index (χ0) is 37.9. The van der Waals surface area contributed by atoms with Crippen molar-refractivity contribution < 1.29 is 32.9 Å². The first-order valence-electron chi connectivity index (χ1n) is 20.9. The summed E-state index contributed by atoms with van der Waals surface area (Å²) in [5.74, 6) is -0.162. The summed E-state index contributed by atoms with van der Waals surface area (Å²) >= 11 is 0. The molecular formula is C42H82N2O6P+. The number of quaternary nitrogens is 1. The van der Waals surface area contributed by atoms with E-state index < -0.39 is 20.0 Å². The average molecular weight is 742 g/mol. The molecule has 3 N–H and O–H groups in total. The highest BCUT2D eigenvalue weighted by molar-refractivity contribution is 7.47. The summed E-state index contributed by atoms with van der Waals surface area (Å²) in [6.45, 7) is 4.81. The molecule has 0 aromatic heterocycles. The number of rotatable bonds is 37. The van der Waals surface area contributed by atoms with Crippen LogP contribution in [0.25, 0.3) is 0 Å². The van der Waals surface area contributed by atoms with Crippen molar-refractivity contribution in [2.75, 3.05) is 40.9 Å². The van der Waals surface area contributed by atoms with Crippen LogP contribution in [0, 0.1) is 0 Å². The number of phosphoric acid groups is 1. The third kappa shape index (κ3) is 36.9. The predicted octanol–water partition coefficient (Wildman–Crippen LogP) is 11.1. The fraction of sp³-hybridized carbons (Fsp3) is 0.833. The Balaban J connectivity index is 4.30. The van der Waals surface area contributed by atoms with Crippen molar-refractivity contribution in [2.24, 2.45) is 0 Å². The summed E-state index contributed by atoms with van der Waals surface area (Å²) in [6, 6.07) is -0.764. The minimum atomic E-state index is -4.31. The number of carbonyl (C=O) groups is 1. The van der Waals surface area contributed by atoms with Gasteiger partial charge in [-0.2, -0.15) is 0 Å². The lowest BCUT2D eigenvalue weighted by Crippen LogP contribution is -2.46. The maximum absolute atomic E-state index is 12.8. The first kappa shape index (κ1) is 49.7. The van der Waals surface area contributed by atoms with Crippen LogP contribution in [-0.4, -0.2) is 73.4 Å². The van der Waals surface area contributed by atoms with Crippen LogP contribution in [-0.2, 0) is 18.4 Å². The van der Waals surface area contributed by atoms with E-state index in [9.17, 15) is 19.4 Å². The number of phosphoric ester groups is 1. The minimum absolute atomic E-state index is 0.0705. The molecule has 0 saturated carbocycles. The number of hydrogen-bond donors (Lipinski definition) is 3. The predicted molar refractivity (Wildman–Crippen MR) is 217 cm³/mol. The van der Waals surface area contributed by atoms with Crippen LogP contribution in [0.1, 0.15) is 174 Å². The van der Waals surface area contributed by atoms with Crippen LogP contribution < -0.4 is 5.32 Å². The Morgan fingerprint density at radius 2 is 1.12 bits per heavy atom. The highest BCUT2D eigenvalue weighted by atomic mass is 31.2. The Labute approximate surface area is 315 Å². The standard InChI is InChI=1S/C42H81N2O6P/c1-6-8-10-12-14-16-17-18-19-20-21-22-23-24-25-26-27-28-30-32-34-36-42(46)43-40(39-50-51(47,48)49-38-37-44(3,4)5)41(45)35-33-31-29-15-13-11-9-7-2/h17-18,20-21,23-24,40-41,45H,6-16,19,22,25-39H2,1-5H3,(H-,43,46,47,48)/p+1/b18-17-,21-20-,24-23-. The van der Waals surface area contributed by atoms with E-state index in [2.05, 4.69) is 55.6 Å². The van der Waals surface area contributed by atoms with Crippen molar-refractivity contribution in [2.45, 2.75) is 187 Å². The van der Waals surface area contributed by atoms with Gasteiger partial charge >= 0.3 is 7.82 Å². The van der Waals surface area contributed by atoms with Gasteiger partial charge in [-0.1, -0.05) is 153 Å². The van der Waals surface area contributed by atoms with E-state index in [4.69, 9.17) is 9.05 Å². The lowest BCUT2D eigenvalue weighted by Gasteiger charge is -2.26. The molecule has 51 heavy (non-hydrogen) atoms. The number of hydrogen-bond acceptors (Lipinski definition) is 5. The molecule has 9 heteroatoms. The smallest absolute Gasteiger partial charge is 0.391 e. The van der Waals surface area contributed by atoms with E-state index in [0.717, 1.165) is 64.2 Å². The molecule has 8 nitrogen and oxygen atoms in total. The van der Waals surface area contributed by atoms with Gasteiger partial charge in [0.15, 0.2) is 0 Å². The number of unbranched alkanes of at least 4 members (excludes halogenated alkanes) is 18. The quantitative estimate of drug-likeness (QED) is 0.0253. The van der Waals surface area contributed by atoms with E-state index in [-0.39, 0.29) is 19.1 Å². The monoisotopic (exact) mass is 742 g/mol. The van der Waals surface area contributed by atoms with Crippen molar-refractivity contribution in [1.29, 1.82) is 0 Å². The van der Waals surface area contributed by atoms with Gasteiger partial charge in [0.1, 0.15) is 13.2 Å². The number of allylic oxidation sites excluding steroid dienone is 6. The van der Waals surface area contributed by atoms with E-state index in [1.54, 1.807) is 0 Å². The van der Waals surface area contributed by atoms with Crippen LogP contribution in [0.4, 0.5) is 0 Å². The number of carbonyl (C=O) groups excluding carboxylic acids is 1. The van der Waals surface area contributed by atoms with Crippen LogP contribution in [0.15, 0.2) is 36.5 Å². The second kappa shape index (κ2) is 34.5. The molecule has 1 amide bonds. The summed E-state index contributed by atoms with van der Waals surface area (Å²) < 4.78 is 23.5. The van der Waals surface area contributed by atoms with Gasteiger partial charge in [0.05, 0.1) is 39.9 Å². The first-order chi connectivity index (χ1) is 24.5. The van der Waals surface area contributed by atoms with Crippen molar-refractivity contribution in [1.82, 2.24) is 5.32 Å². The third-order valence-corrected chi connectivity index (χ3v) is 10.1. The lowest BCUT2D eigenvalue weighted by atomic mass is 10.0. The van der Waals surface area contributed by atoms with Gasteiger partial charge in [0.25, 0.3) is 0 Å². The van der Waals surface area contributed by atoms with E-state index in [0.29, 0.717) is 23.9 Å². The molecule has 0 fully saturated rings. The number of nitrogens with one attached hydrogen (secondary N) is 1. The van der Waals surface area contributed by atoms with Crippen molar-refractivity contribution in [3.05, 3.63) is 36.5 Å². The molecule has 0 spiro atoms. The molecule has 0 aliphatic rings. The molecule has 3 atom stereocenters. The van der Waals surface area contributed by atoms with Gasteiger partial charge in [0.2, 0.25) is 5.91 Å². The second-order valence-electron chi connectivity index (χ2n) is 15.4. The summed E-state index contributed by atoms with van der Waals surface area (Å²) in [6.07, 6.45) is 40.3.